The van der Waals surface area contributed by atoms with Gasteiger partial charge >= 0.3 is 11.5 Å². The lowest BCUT2D eigenvalue weighted by Crippen LogP contribution is -2.36. The Kier molecular flexibility index (Phi) is 2.42. The van der Waals surface area contributed by atoms with Crippen LogP contribution in [0.2, 0.25) is 0 Å². The van der Waals surface area contributed by atoms with Crippen molar-refractivity contribution in [3.05, 3.63) is 11.4 Å². The van der Waals surface area contributed by atoms with Crippen molar-refractivity contribution in [3.8, 4) is 0 Å². The van der Waals surface area contributed by atoms with Gasteiger partial charge in [0.05, 0.1) is 0 Å². The molecule has 0 radical (unpaired) electrons. The van der Waals surface area contributed by atoms with E-state index in [2.05, 4.69) is 4.85 Å². The highest BCUT2D eigenvalue weighted by atomic mass is 16.4. The molecule has 3 nitrogen and oxygen atoms in total. The number of carboxylic acid groups (broad SMARTS) is 1. The van der Waals surface area contributed by atoms with Gasteiger partial charge in [0.1, 0.15) is 0 Å². The number of carboxylic acids is 1. The van der Waals surface area contributed by atoms with Crippen LogP contribution in [0.25, 0.3) is 4.85 Å². The highest BCUT2D eigenvalue weighted by Gasteiger charge is 2.43. The van der Waals surface area contributed by atoms with Crippen LogP contribution in [0.4, 0.5) is 0 Å². The van der Waals surface area contributed by atoms with Gasteiger partial charge in [0.25, 0.3) is 0 Å². The van der Waals surface area contributed by atoms with E-state index in [4.69, 9.17) is 11.7 Å². The Morgan fingerprint density at radius 3 is 2.10 bits per heavy atom. The van der Waals surface area contributed by atoms with Gasteiger partial charge in [-0.15, -0.1) is 0 Å². The molecule has 0 rings (SSSR count). The molecule has 0 aromatic carbocycles. The van der Waals surface area contributed by atoms with Crippen molar-refractivity contribution in [2.24, 2.45) is 5.92 Å². The van der Waals surface area contributed by atoms with Crippen molar-refractivity contribution in [1.29, 1.82) is 0 Å². The lowest BCUT2D eigenvalue weighted by atomic mass is 9.90. The molecule has 0 aromatic rings. The maximum absolute atomic E-state index is 10.5. The molecule has 0 aliphatic heterocycles. The fourth-order valence-corrected chi connectivity index (χ4v) is 0.424. The summed E-state index contributed by atoms with van der Waals surface area (Å²) in [5.41, 5.74) is -1.25. The highest BCUT2D eigenvalue weighted by Crippen LogP contribution is 2.21. The third-order valence-corrected chi connectivity index (χ3v) is 1.79. The van der Waals surface area contributed by atoms with Gasteiger partial charge in [-0.3, -0.25) is 4.85 Å². The van der Waals surface area contributed by atoms with Crippen molar-refractivity contribution in [2.45, 2.75) is 26.3 Å². The first-order valence-corrected chi connectivity index (χ1v) is 3.07. The van der Waals surface area contributed by atoms with Gasteiger partial charge in [-0.2, -0.15) is 0 Å². The van der Waals surface area contributed by atoms with Crippen LogP contribution in [0, 0.1) is 12.5 Å². The first kappa shape index (κ1) is 8.96. The summed E-state index contributed by atoms with van der Waals surface area (Å²) < 4.78 is 0. The predicted molar refractivity (Wildman–Crippen MR) is 37.5 cm³/mol. The van der Waals surface area contributed by atoms with E-state index in [1.54, 1.807) is 13.8 Å². The van der Waals surface area contributed by atoms with Crippen LogP contribution in [0.3, 0.4) is 0 Å². The zero-order valence-corrected chi connectivity index (χ0v) is 6.38. The van der Waals surface area contributed by atoms with Gasteiger partial charge < -0.3 is 5.11 Å². The Morgan fingerprint density at radius 1 is 1.70 bits per heavy atom. The summed E-state index contributed by atoms with van der Waals surface area (Å²) in [6, 6.07) is 0. The zero-order valence-electron chi connectivity index (χ0n) is 6.38. The average Bonchev–Trinajstić information content (AvgIpc) is 1.85. The molecule has 0 heterocycles. The van der Waals surface area contributed by atoms with Crippen LogP contribution in [0.5, 0.6) is 0 Å². The Morgan fingerprint density at radius 2 is 2.10 bits per heavy atom. The minimum atomic E-state index is -1.25. The molecule has 1 N–H and O–H groups in total. The molecule has 0 amide bonds. The maximum Gasteiger partial charge on any atom is 0.390 e. The molecule has 3 heteroatoms. The lowest BCUT2D eigenvalue weighted by Gasteiger charge is -2.14. The van der Waals surface area contributed by atoms with Crippen LogP contribution >= 0.6 is 0 Å². The van der Waals surface area contributed by atoms with Crippen molar-refractivity contribution in [2.75, 3.05) is 0 Å². The van der Waals surface area contributed by atoms with E-state index in [-0.39, 0.29) is 5.92 Å². The van der Waals surface area contributed by atoms with Crippen LogP contribution < -0.4 is 0 Å². The van der Waals surface area contributed by atoms with Gasteiger partial charge in [-0.05, 0) is 0 Å². The van der Waals surface area contributed by atoms with Crippen LogP contribution in [-0.2, 0) is 4.79 Å². The monoisotopic (exact) mass is 141 g/mol. The quantitative estimate of drug-likeness (QED) is 0.590. The third kappa shape index (κ3) is 1.27. The van der Waals surface area contributed by atoms with E-state index in [0.717, 1.165) is 0 Å². The Bertz CT molecular complexity index is 181. The van der Waals surface area contributed by atoms with E-state index >= 15 is 0 Å². The molecule has 0 spiro atoms. The van der Waals surface area contributed by atoms with Crippen LogP contribution in [0.1, 0.15) is 20.8 Å². The van der Waals surface area contributed by atoms with Crippen molar-refractivity contribution in [3.63, 3.8) is 0 Å². The molecule has 0 aliphatic carbocycles. The first-order chi connectivity index (χ1) is 4.45. The number of hydrogen-bond acceptors (Lipinski definition) is 1. The fourth-order valence-electron chi connectivity index (χ4n) is 0.424. The summed E-state index contributed by atoms with van der Waals surface area (Å²) in [5, 5.41) is 8.59. The predicted octanol–water partition coefficient (Wildman–Crippen LogP) is 1.40. The van der Waals surface area contributed by atoms with Crippen LogP contribution in [0.15, 0.2) is 0 Å². The molecule has 0 bridgehead atoms. The van der Waals surface area contributed by atoms with E-state index < -0.39 is 11.5 Å². The molecule has 0 saturated heterocycles. The van der Waals surface area contributed by atoms with E-state index in [1.165, 1.54) is 6.92 Å². The summed E-state index contributed by atoms with van der Waals surface area (Å²) in [5.74, 6) is -1.19. The summed E-state index contributed by atoms with van der Waals surface area (Å²) in [7, 11) is 0. The lowest BCUT2D eigenvalue weighted by molar-refractivity contribution is -0.142. The largest absolute Gasteiger partial charge is 0.475 e. The maximum atomic E-state index is 10.5. The molecule has 56 valence electrons. The van der Waals surface area contributed by atoms with Crippen LogP contribution in [-0.4, -0.2) is 16.6 Å². The van der Waals surface area contributed by atoms with Crippen molar-refractivity contribution in [1.82, 2.24) is 0 Å². The van der Waals surface area contributed by atoms with Gasteiger partial charge in [0.2, 0.25) is 0 Å². The molecule has 1 unspecified atom stereocenters. The molecule has 0 saturated carbocycles. The summed E-state index contributed by atoms with van der Waals surface area (Å²) in [4.78, 5) is 13.5. The minimum Gasteiger partial charge on any atom is -0.475 e. The number of carbonyl (C=O) groups is 1. The topological polar surface area (TPSA) is 41.7 Å². The molecule has 0 aromatic heterocycles. The van der Waals surface area contributed by atoms with E-state index in [1.807, 2.05) is 0 Å². The molecule has 0 aliphatic rings. The second kappa shape index (κ2) is 2.70. The average molecular weight is 141 g/mol. The molecule has 0 fully saturated rings. The number of nitrogens with zero attached hydrogens (tertiary/aromatic N) is 1. The summed E-state index contributed by atoms with van der Waals surface area (Å²) in [6.45, 7) is 11.6. The summed E-state index contributed by atoms with van der Waals surface area (Å²) in [6.07, 6.45) is 0. The zero-order chi connectivity index (χ0) is 8.36. The molecule has 10 heavy (non-hydrogen) atoms. The van der Waals surface area contributed by atoms with Gasteiger partial charge in [0.15, 0.2) is 0 Å². The van der Waals surface area contributed by atoms with Gasteiger partial charge in [-0.25, -0.2) is 11.4 Å². The number of rotatable bonds is 2. The SMILES string of the molecule is [C-]#[N+]C(C)(C(=O)O)C(C)C. The third-order valence-electron chi connectivity index (χ3n) is 1.79. The van der Waals surface area contributed by atoms with E-state index in [0.29, 0.717) is 0 Å². The molecular weight excluding hydrogens is 130 g/mol. The highest BCUT2D eigenvalue weighted by molar-refractivity contribution is 5.80. The second-order valence-electron chi connectivity index (χ2n) is 2.72. The number of hydrogen-bond donors (Lipinski definition) is 1. The van der Waals surface area contributed by atoms with Gasteiger partial charge in [0, 0.05) is 12.8 Å². The first-order valence-electron chi connectivity index (χ1n) is 3.07. The fraction of sp³-hybridized carbons (Fsp3) is 0.714. The van der Waals surface area contributed by atoms with Crippen molar-refractivity contribution >= 4 is 5.97 Å². The normalized spacial score (nSPS) is 15.9. The minimum absolute atomic E-state index is 0.150. The summed E-state index contributed by atoms with van der Waals surface area (Å²) >= 11 is 0. The number of aliphatic carboxylic acids is 1. The second-order valence-corrected chi connectivity index (χ2v) is 2.72. The van der Waals surface area contributed by atoms with Crippen molar-refractivity contribution < 1.29 is 9.90 Å². The standard InChI is InChI=1S/C7H11NO2/c1-5(2)7(3,8-4)6(9)10/h5H,1-3H3,(H,9,10). The molecule has 1 atom stereocenters. The Labute approximate surface area is 60.5 Å². The van der Waals surface area contributed by atoms with Gasteiger partial charge in [-0.1, -0.05) is 13.8 Å². The smallest absolute Gasteiger partial charge is 0.390 e. The Balaban J connectivity index is 4.60. The van der Waals surface area contributed by atoms with E-state index in [9.17, 15) is 4.79 Å². The Hall–Kier alpha value is -1.04. The molecular formula is C7H11NO2.